The third kappa shape index (κ3) is 2.57. The summed E-state index contributed by atoms with van der Waals surface area (Å²) in [6.45, 7) is 6.54. The van der Waals surface area contributed by atoms with Crippen molar-refractivity contribution in [2.75, 3.05) is 6.54 Å². The molecule has 2 atom stereocenters. The number of amides is 1. The molecule has 2 heteroatoms. The lowest BCUT2D eigenvalue weighted by Crippen LogP contribution is -2.41. The summed E-state index contributed by atoms with van der Waals surface area (Å²) in [5.41, 5.74) is 3.93. The van der Waals surface area contributed by atoms with E-state index in [0.29, 0.717) is 0 Å². The molecule has 2 aromatic rings. The van der Waals surface area contributed by atoms with Crippen molar-refractivity contribution >= 4 is 5.91 Å². The molecule has 3 rings (SSSR count). The van der Waals surface area contributed by atoms with Crippen molar-refractivity contribution < 1.29 is 4.79 Å². The molecule has 1 aliphatic rings. The fraction of sp³-hybridized carbons (Fsp3) is 0.250. The zero-order valence-corrected chi connectivity index (χ0v) is 12.9. The maximum absolute atomic E-state index is 12.3. The largest absolute Gasteiger partial charge is 0.335 e. The van der Waals surface area contributed by atoms with Gasteiger partial charge in [-0.15, -0.1) is 0 Å². The smallest absolute Gasteiger partial charge is 0.246 e. The Morgan fingerprint density at radius 1 is 1.14 bits per heavy atom. The van der Waals surface area contributed by atoms with Crippen molar-refractivity contribution in [2.45, 2.75) is 25.3 Å². The lowest BCUT2D eigenvalue weighted by molar-refractivity contribution is -0.128. The molecule has 112 valence electrons. The summed E-state index contributed by atoms with van der Waals surface area (Å²) < 4.78 is 0. The summed E-state index contributed by atoms with van der Waals surface area (Å²) in [7, 11) is 0. The van der Waals surface area contributed by atoms with E-state index in [-0.39, 0.29) is 17.9 Å². The van der Waals surface area contributed by atoms with Gasteiger partial charge in [0.1, 0.15) is 0 Å². The van der Waals surface area contributed by atoms with Gasteiger partial charge in [0.2, 0.25) is 5.91 Å². The van der Waals surface area contributed by atoms with Crippen LogP contribution in [0.3, 0.4) is 0 Å². The second-order valence-electron chi connectivity index (χ2n) is 5.81. The zero-order valence-electron chi connectivity index (χ0n) is 12.9. The van der Waals surface area contributed by atoms with Crippen molar-refractivity contribution in [3.05, 3.63) is 83.9 Å². The molecule has 0 aromatic heterocycles. The Morgan fingerprint density at radius 2 is 1.82 bits per heavy atom. The predicted molar refractivity (Wildman–Crippen MR) is 89.8 cm³/mol. The molecule has 0 radical (unpaired) electrons. The van der Waals surface area contributed by atoms with E-state index in [4.69, 9.17) is 0 Å². The summed E-state index contributed by atoms with van der Waals surface area (Å²) in [5.74, 6) is 0.213. The van der Waals surface area contributed by atoms with Crippen LogP contribution in [-0.2, 0) is 11.2 Å². The first-order valence-corrected chi connectivity index (χ1v) is 7.78. The highest BCUT2D eigenvalue weighted by Gasteiger charge is 2.32. The summed E-state index contributed by atoms with van der Waals surface area (Å²) >= 11 is 0. The van der Waals surface area contributed by atoms with Crippen LogP contribution in [0.4, 0.5) is 0 Å². The van der Waals surface area contributed by atoms with E-state index in [1.165, 1.54) is 22.8 Å². The molecule has 0 saturated carbocycles. The number of carbonyl (C=O) groups excluding carboxylic acids is 1. The minimum atomic E-state index is 0.0150. The van der Waals surface area contributed by atoms with E-state index < -0.39 is 0 Å². The van der Waals surface area contributed by atoms with Crippen molar-refractivity contribution in [3.8, 4) is 0 Å². The van der Waals surface area contributed by atoms with Crippen molar-refractivity contribution in [2.24, 2.45) is 0 Å². The fourth-order valence-electron chi connectivity index (χ4n) is 3.50. The van der Waals surface area contributed by atoms with E-state index in [0.717, 1.165) is 13.0 Å². The summed E-state index contributed by atoms with van der Waals surface area (Å²) in [6.07, 6.45) is 2.32. The average Bonchev–Trinajstić information content (AvgIpc) is 2.71. The van der Waals surface area contributed by atoms with Gasteiger partial charge in [0.15, 0.2) is 0 Å². The van der Waals surface area contributed by atoms with Crippen LogP contribution in [0.15, 0.2) is 67.3 Å². The summed E-state index contributed by atoms with van der Waals surface area (Å²) in [6, 6.07) is 19.1. The summed E-state index contributed by atoms with van der Waals surface area (Å²) in [5, 5.41) is 0. The highest BCUT2D eigenvalue weighted by Crippen LogP contribution is 2.35. The monoisotopic (exact) mass is 291 g/mol. The van der Waals surface area contributed by atoms with Gasteiger partial charge in [-0.2, -0.15) is 0 Å². The van der Waals surface area contributed by atoms with E-state index >= 15 is 0 Å². The molecule has 0 unspecified atom stereocenters. The lowest BCUT2D eigenvalue weighted by atomic mass is 9.83. The SMILES string of the molecule is C=CC(=O)N1CCc2ccccc2[C@H](c2ccccc2)[C@H]1C. The van der Waals surface area contributed by atoms with Gasteiger partial charge in [-0.25, -0.2) is 0 Å². The molecular formula is C20H21NO. The molecule has 22 heavy (non-hydrogen) atoms. The van der Waals surface area contributed by atoms with Gasteiger partial charge >= 0.3 is 0 Å². The Balaban J connectivity index is 2.12. The van der Waals surface area contributed by atoms with Crippen LogP contribution in [0.2, 0.25) is 0 Å². The van der Waals surface area contributed by atoms with Gasteiger partial charge in [-0.05, 0) is 36.1 Å². The Hall–Kier alpha value is -2.35. The molecule has 0 saturated heterocycles. The highest BCUT2D eigenvalue weighted by atomic mass is 16.2. The second-order valence-corrected chi connectivity index (χ2v) is 5.81. The molecule has 0 fully saturated rings. The van der Waals surface area contributed by atoms with Crippen molar-refractivity contribution in [1.82, 2.24) is 4.90 Å². The van der Waals surface area contributed by atoms with Gasteiger partial charge in [0, 0.05) is 18.5 Å². The number of hydrogen-bond donors (Lipinski definition) is 0. The predicted octanol–water partition coefficient (Wildman–Crippen LogP) is 3.78. The molecule has 2 aromatic carbocycles. The third-order valence-corrected chi connectivity index (χ3v) is 4.60. The number of carbonyl (C=O) groups is 1. The van der Waals surface area contributed by atoms with Crippen LogP contribution in [0.5, 0.6) is 0 Å². The Morgan fingerprint density at radius 3 is 2.55 bits per heavy atom. The Bertz CT molecular complexity index is 677. The third-order valence-electron chi connectivity index (χ3n) is 4.60. The molecule has 0 aliphatic carbocycles. The number of hydrogen-bond acceptors (Lipinski definition) is 1. The Labute approximate surface area is 132 Å². The standard InChI is InChI=1S/C20H21NO/c1-3-19(22)21-14-13-16-9-7-8-12-18(16)20(15(21)2)17-10-5-4-6-11-17/h3-12,15,20H,1,13-14H2,2H3/t15-,20+/m1/s1. The van der Waals surface area contributed by atoms with E-state index in [1.54, 1.807) is 0 Å². The van der Waals surface area contributed by atoms with Gasteiger partial charge in [-0.1, -0.05) is 61.2 Å². The van der Waals surface area contributed by atoms with Gasteiger partial charge < -0.3 is 4.90 Å². The van der Waals surface area contributed by atoms with Crippen LogP contribution in [-0.4, -0.2) is 23.4 Å². The molecular weight excluding hydrogens is 270 g/mol. The number of rotatable bonds is 2. The highest BCUT2D eigenvalue weighted by molar-refractivity contribution is 5.87. The van der Waals surface area contributed by atoms with E-state index in [1.807, 2.05) is 11.0 Å². The van der Waals surface area contributed by atoms with Gasteiger partial charge in [0.25, 0.3) is 0 Å². The number of nitrogens with zero attached hydrogens (tertiary/aromatic N) is 1. The molecule has 1 aliphatic heterocycles. The average molecular weight is 291 g/mol. The number of benzene rings is 2. The molecule has 0 N–H and O–H groups in total. The topological polar surface area (TPSA) is 20.3 Å². The first-order chi connectivity index (χ1) is 10.7. The van der Waals surface area contributed by atoms with Crippen molar-refractivity contribution in [3.63, 3.8) is 0 Å². The van der Waals surface area contributed by atoms with Crippen LogP contribution >= 0.6 is 0 Å². The number of fused-ring (bicyclic) bond motifs is 1. The first kappa shape index (κ1) is 14.6. The molecule has 0 spiro atoms. The van der Waals surface area contributed by atoms with E-state index in [9.17, 15) is 4.79 Å². The minimum absolute atomic E-state index is 0.0150. The molecule has 0 bridgehead atoms. The molecule has 1 amide bonds. The van der Waals surface area contributed by atoms with Crippen LogP contribution in [0.25, 0.3) is 0 Å². The van der Waals surface area contributed by atoms with Gasteiger partial charge in [0.05, 0.1) is 0 Å². The fourth-order valence-corrected chi connectivity index (χ4v) is 3.50. The van der Waals surface area contributed by atoms with Crippen LogP contribution in [0.1, 0.15) is 29.5 Å². The van der Waals surface area contributed by atoms with E-state index in [2.05, 4.69) is 62.0 Å². The quantitative estimate of drug-likeness (QED) is 0.771. The molecule has 1 heterocycles. The Kier molecular flexibility index (Phi) is 4.10. The van der Waals surface area contributed by atoms with Crippen molar-refractivity contribution in [1.29, 1.82) is 0 Å². The van der Waals surface area contributed by atoms with Gasteiger partial charge in [-0.3, -0.25) is 4.79 Å². The van der Waals surface area contributed by atoms with Crippen LogP contribution < -0.4 is 0 Å². The zero-order chi connectivity index (χ0) is 15.5. The normalized spacial score (nSPS) is 20.9. The first-order valence-electron chi connectivity index (χ1n) is 7.78. The maximum atomic E-state index is 12.3. The maximum Gasteiger partial charge on any atom is 0.246 e. The minimum Gasteiger partial charge on any atom is -0.335 e. The molecule has 2 nitrogen and oxygen atoms in total. The van der Waals surface area contributed by atoms with Crippen LogP contribution in [0, 0.1) is 0 Å². The lowest BCUT2D eigenvalue weighted by Gasteiger charge is -2.32. The second kappa shape index (κ2) is 6.18. The summed E-state index contributed by atoms with van der Waals surface area (Å²) in [4.78, 5) is 14.2.